The lowest BCUT2D eigenvalue weighted by molar-refractivity contribution is 0.102. The lowest BCUT2D eigenvalue weighted by atomic mass is 10.1. The Kier molecular flexibility index (Phi) is 5.65. The van der Waals surface area contributed by atoms with Crippen LogP contribution in [0.5, 0.6) is 0 Å². The second-order valence-corrected chi connectivity index (χ2v) is 5.87. The number of thioether (sulfide) groups is 1. The molecule has 1 amide bonds. The Hall–Kier alpha value is -1.52. The Morgan fingerprint density at radius 3 is 2.62 bits per heavy atom. The monoisotopic (exact) mass is 320 g/mol. The molecule has 0 radical (unpaired) electrons. The fourth-order valence-electron chi connectivity index (χ4n) is 1.94. The van der Waals surface area contributed by atoms with Crippen LogP contribution in [0.3, 0.4) is 0 Å². The summed E-state index contributed by atoms with van der Waals surface area (Å²) in [5.74, 6) is -0.173. The number of nitrogens with one attached hydrogen (secondary N) is 1. The maximum absolute atomic E-state index is 12.3. The molecule has 2 rings (SSSR count). The molecule has 3 nitrogen and oxygen atoms in total. The predicted octanol–water partition coefficient (Wildman–Crippen LogP) is 4.66. The van der Waals surface area contributed by atoms with Crippen molar-refractivity contribution in [3.8, 4) is 0 Å². The second-order valence-electron chi connectivity index (χ2n) is 4.60. The van der Waals surface area contributed by atoms with Crippen molar-refractivity contribution < 1.29 is 4.79 Å². The van der Waals surface area contributed by atoms with Gasteiger partial charge in [-0.05, 0) is 49.1 Å². The summed E-state index contributed by atoms with van der Waals surface area (Å²) in [7, 11) is 0. The highest BCUT2D eigenvalue weighted by Crippen LogP contribution is 2.19. The maximum Gasteiger partial charge on any atom is 0.255 e. The zero-order valence-corrected chi connectivity index (χ0v) is 13.6. The average molecular weight is 321 g/mol. The Balaban J connectivity index is 2.15. The predicted molar refractivity (Wildman–Crippen MR) is 89.4 cm³/mol. The molecule has 1 N–H and O–H groups in total. The van der Waals surface area contributed by atoms with Crippen LogP contribution in [0.1, 0.15) is 29.4 Å². The molecule has 0 aliphatic carbocycles. The van der Waals surface area contributed by atoms with Gasteiger partial charge >= 0.3 is 0 Å². The highest BCUT2D eigenvalue weighted by atomic mass is 35.5. The Morgan fingerprint density at radius 2 is 2.00 bits per heavy atom. The molecular weight excluding hydrogens is 304 g/mol. The average Bonchev–Trinajstić information content (AvgIpc) is 2.48. The van der Waals surface area contributed by atoms with E-state index in [4.69, 9.17) is 11.6 Å². The lowest BCUT2D eigenvalue weighted by Crippen LogP contribution is -2.12. The minimum absolute atomic E-state index is 0.173. The topological polar surface area (TPSA) is 42.0 Å². The van der Waals surface area contributed by atoms with E-state index in [1.807, 2.05) is 30.5 Å². The van der Waals surface area contributed by atoms with Crippen molar-refractivity contribution in [1.29, 1.82) is 0 Å². The Labute approximate surface area is 134 Å². The first-order valence-electron chi connectivity index (χ1n) is 6.74. The van der Waals surface area contributed by atoms with Gasteiger partial charge in [-0.15, -0.1) is 11.8 Å². The number of carbonyl (C=O) groups is 1. The second kappa shape index (κ2) is 7.48. The van der Waals surface area contributed by atoms with E-state index in [1.165, 1.54) is 0 Å². The number of amides is 1. The molecule has 0 bridgehead atoms. The van der Waals surface area contributed by atoms with Crippen LogP contribution >= 0.6 is 23.4 Å². The smallest absolute Gasteiger partial charge is 0.255 e. The molecule has 0 atom stereocenters. The highest BCUT2D eigenvalue weighted by Gasteiger charge is 2.09. The molecule has 1 heterocycles. The summed E-state index contributed by atoms with van der Waals surface area (Å²) in [6, 6.07) is 11.1. The molecular formula is C16H17ClN2OS. The van der Waals surface area contributed by atoms with Crippen LogP contribution in [-0.2, 0) is 6.42 Å². The van der Waals surface area contributed by atoms with E-state index in [-0.39, 0.29) is 5.91 Å². The maximum atomic E-state index is 12.3. The zero-order valence-electron chi connectivity index (χ0n) is 12.0. The van der Waals surface area contributed by atoms with E-state index >= 15 is 0 Å². The summed E-state index contributed by atoms with van der Waals surface area (Å²) in [6.45, 7) is 2.07. The van der Waals surface area contributed by atoms with E-state index in [9.17, 15) is 4.79 Å². The van der Waals surface area contributed by atoms with Gasteiger partial charge in [0, 0.05) is 21.8 Å². The molecule has 0 fully saturated rings. The molecule has 5 heteroatoms. The number of carbonyl (C=O) groups excluding carboxylic acids is 1. The molecule has 0 aliphatic heterocycles. The molecule has 2 aromatic rings. The number of aryl methyl sites for hydroxylation is 1. The summed E-state index contributed by atoms with van der Waals surface area (Å²) in [4.78, 5) is 17.7. The van der Waals surface area contributed by atoms with Crippen LogP contribution in [0.4, 0.5) is 5.69 Å². The number of benzene rings is 1. The quantitative estimate of drug-likeness (QED) is 0.643. The van der Waals surface area contributed by atoms with Crippen molar-refractivity contribution in [2.75, 3.05) is 11.6 Å². The van der Waals surface area contributed by atoms with Crippen LogP contribution in [0.2, 0.25) is 5.15 Å². The van der Waals surface area contributed by atoms with Gasteiger partial charge in [-0.1, -0.05) is 24.9 Å². The SMILES string of the molecule is CCCc1cc(C(=O)Nc2ccc(SC)cc2)cc(Cl)n1. The first-order valence-corrected chi connectivity index (χ1v) is 8.34. The van der Waals surface area contributed by atoms with Gasteiger partial charge in [0.25, 0.3) is 5.91 Å². The van der Waals surface area contributed by atoms with Crippen molar-refractivity contribution in [1.82, 2.24) is 4.98 Å². The third kappa shape index (κ3) is 4.48. The molecule has 1 aromatic heterocycles. The van der Waals surface area contributed by atoms with Gasteiger partial charge in [0.1, 0.15) is 5.15 Å². The normalized spacial score (nSPS) is 10.4. The minimum Gasteiger partial charge on any atom is -0.322 e. The van der Waals surface area contributed by atoms with Gasteiger partial charge in [-0.3, -0.25) is 4.79 Å². The fraction of sp³-hybridized carbons (Fsp3) is 0.250. The van der Waals surface area contributed by atoms with Crippen LogP contribution in [0, 0.1) is 0 Å². The standard InChI is InChI=1S/C16H17ClN2OS/c1-3-4-13-9-11(10-15(17)18-13)16(20)19-12-5-7-14(21-2)8-6-12/h5-10H,3-4H2,1-2H3,(H,19,20). The third-order valence-electron chi connectivity index (χ3n) is 2.96. The van der Waals surface area contributed by atoms with Gasteiger partial charge < -0.3 is 5.32 Å². The third-order valence-corrected chi connectivity index (χ3v) is 3.90. The molecule has 0 spiro atoms. The number of rotatable bonds is 5. The number of halogens is 1. The number of hydrogen-bond donors (Lipinski definition) is 1. The van der Waals surface area contributed by atoms with Gasteiger partial charge in [-0.2, -0.15) is 0 Å². The largest absolute Gasteiger partial charge is 0.322 e. The first-order chi connectivity index (χ1) is 10.1. The van der Waals surface area contributed by atoms with Gasteiger partial charge in [0.15, 0.2) is 0 Å². The van der Waals surface area contributed by atoms with Crippen molar-refractivity contribution in [3.63, 3.8) is 0 Å². The molecule has 0 unspecified atom stereocenters. The van der Waals surface area contributed by atoms with E-state index < -0.39 is 0 Å². The molecule has 1 aromatic carbocycles. The van der Waals surface area contributed by atoms with Crippen molar-refractivity contribution in [3.05, 3.63) is 52.8 Å². The number of aromatic nitrogens is 1. The first kappa shape index (κ1) is 15.9. The molecule has 110 valence electrons. The van der Waals surface area contributed by atoms with E-state index in [2.05, 4.69) is 17.2 Å². The number of pyridine rings is 1. The van der Waals surface area contributed by atoms with E-state index in [0.29, 0.717) is 10.7 Å². The fourth-order valence-corrected chi connectivity index (χ4v) is 2.58. The number of nitrogens with zero attached hydrogens (tertiary/aromatic N) is 1. The summed E-state index contributed by atoms with van der Waals surface area (Å²) in [6.07, 6.45) is 3.79. The summed E-state index contributed by atoms with van der Waals surface area (Å²) in [5.41, 5.74) is 2.14. The van der Waals surface area contributed by atoms with E-state index in [1.54, 1.807) is 23.9 Å². The molecule has 21 heavy (non-hydrogen) atoms. The van der Waals surface area contributed by atoms with E-state index in [0.717, 1.165) is 29.1 Å². The Bertz CT molecular complexity index is 629. The van der Waals surface area contributed by atoms with Crippen LogP contribution in [0.25, 0.3) is 0 Å². The van der Waals surface area contributed by atoms with Crippen LogP contribution in [-0.4, -0.2) is 17.1 Å². The highest BCUT2D eigenvalue weighted by molar-refractivity contribution is 7.98. The van der Waals surface area contributed by atoms with Crippen LogP contribution in [0.15, 0.2) is 41.3 Å². The molecule has 0 saturated carbocycles. The molecule has 0 aliphatic rings. The van der Waals surface area contributed by atoms with Crippen molar-refractivity contribution in [2.45, 2.75) is 24.7 Å². The number of hydrogen-bond acceptors (Lipinski definition) is 3. The van der Waals surface area contributed by atoms with Crippen LogP contribution < -0.4 is 5.32 Å². The lowest BCUT2D eigenvalue weighted by Gasteiger charge is -2.08. The summed E-state index contributed by atoms with van der Waals surface area (Å²) < 4.78 is 0. The van der Waals surface area contributed by atoms with Gasteiger partial charge in [0.05, 0.1) is 0 Å². The summed E-state index contributed by atoms with van der Waals surface area (Å²) in [5, 5.41) is 3.22. The Morgan fingerprint density at radius 1 is 1.29 bits per heavy atom. The molecule has 0 saturated heterocycles. The van der Waals surface area contributed by atoms with Gasteiger partial charge in [-0.25, -0.2) is 4.98 Å². The van der Waals surface area contributed by atoms with Gasteiger partial charge in [0.2, 0.25) is 0 Å². The van der Waals surface area contributed by atoms with Crippen molar-refractivity contribution >= 4 is 35.0 Å². The van der Waals surface area contributed by atoms with Crippen molar-refractivity contribution in [2.24, 2.45) is 0 Å². The summed E-state index contributed by atoms with van der Waals surface area (Å²) >= 11 is 7.64. The minimum atomic E-state index is -0.173. The number of anilines is 1. The zero-order chi connectivity index (χ0) is 15.2.